The third-order valence-corrected chi connectivity index (χ3v) is 2.86. The van der Waals surface area contributed by atoms with Crippen LogP contribution in [0.4, 0.5) is 0 Å². The highest BCUT2D eigenvalue weighted by atomic mass is 16.3. The van der Waals surface area contributed by atoms with Crippen molar-refractivity contribution in [3.63, 3.8) is 0 Å². The van der Waals surface area contributed by atoms with Crippen molar-refractivity contribution in [1.82, 2.24) is 10.6 Å². The molecule has 1 rings (SSSR count). The van der Waals surface area contributed by atoms with E-state index in [0.29, 0.717) is 12.3 Å². The van der Waals surface area contributed by atoms with Crippen molar-refractivity contribution in [2.24, 2.45) is 5.92 Å². The van der Waals surface area contributed by atoms with Crippen molar-refractivity contribution in [3.8, 4) is 0 Å². The van der Waals surface area contributed by atoms with Crippen LogP contribution < -0.4 is 10.6 Å². The molecule has 88 valence electrons. The maximum absolute atomic E-state index is 11.4. The molecule has 0 radical (unpaired) electrons. The molecule has 2 unspecified atom stereocenters. The summed E-state index contributed by atoms with van der Waals surface area (Å²) in [5, 5.41) is 14.9. The largest absolute Gasteiger partial charge is 0.394 e. The number of carbonyl (C=O) groups excluding carboxylic acids is 1. The van der Waals surface area contributed by atoms with Crippen LogP contribution in [0.15, 0.2) is 0 Å². The molecule has 3 N–H and O–H groups in total. The summed E-state index contributed by atoms with van der Waals surface area (Å²) in [5.41, 5.74) is 0. The molecule has 1 aliphatic heterocycles. The first-order chi connectivity index (χ1) is 7.22. The van der Waals surface area contributed by atoms with Crippen molar-refractivity contribution < 1.29 is 9.90 Å². The monoisotopic (exact) mass is 214 g/mol. The zero-order chi connectivity index (χ0) is 11.1. The quantitative estimate of drug-likeness (QED) is 0.615. The summed E-state index contributed by atoms with van der Waals surface area (Å²) in [4.78, 5) is 11.4. The minimum atomic E-state index is -0.123. The van der Waals surface area contributed by atoms with E-state index in [-0.39, 0.29) is 18.6 Å². The molecule has 0 aromatic carbocycles. The van der Waals surface area contributed by atoms with E-state index >= 15 is 0 Å². The first-order valence-corrected chi connectivity index (χ1v) is 5.83. The van der Waals surface area contributed by atoms with Crippen LogP contribution in [-0.2, 0) is 4.79 Å². The maximum atomic E-state index is 11.4. The fourth-order valence-electron chi connectivity index (χ4n) is 1.90. The number of piperidine rings is 1. The number of aliphatic hydroxyl groups is 1. The highest BCUT2D eigenvalue weighted by Crippen LogP contribution is 2.15. The Morgan fingerprint density at radius 2 is 2.47 bits per heavy atom. The van der Waals surface area contributed by atoms with Crippen LogP contribution in [0, 0.1) is 5.92 Å². The van der Waals surface area contributed by atoms with Crippen LogP contribution in [0.3, 0.4) is 0 Å². The summed E-state index contributed by atoms with van der Waals surface area (Å²) in [7, 11) is 0. The van der Waals surface area contributed by atoms with Gasteiger partial charge in [0.2, 0.25) is 5.91 Å². The molecule has 15 heavy (non-hydrogen) atoms. The molecule has 1 saturated heterocycles. The van der Waals surface area contributed by atoms with Gasteiger partial charge >= 0.3 is 0 Å². The van der Waals surface area contributed by atoms with Crippen molar-refractivity contribution in [1.29, 1.82) is 0 Å². The summed E-state index contributed by atoms with van der Waals surface area (Å²) < 4.78 is 0. The van der Waals surface area contributed by atoms with Crippen molar-refractivity contribution in [2.75, 3.05) is 19.7 Å². The lowest BCUT2D eigenvalue weighted by molar-refractivity contribution is -0.122. The van der Waals surface area contributed by atoms with Gasteiger partial charge in [0.25, 0.3) is 0 Å². The molecule has 1 aliphatic rings. The maximum Gasteiger partial charge on any atom is 0.220 e. The minimum absolute atomic E-state index is 0.0106. The highest BCUT2D eigenvalue weighted by molar-refractivity contribution is 5.76. The van der Waals surface area contributed by atoms with Gasteiger partial charge in [-0.1, -0.05) is 0 Å². The van der Waals surface area contributed by atoms with E-state index in [1.54, 1.807) is 6.92 Å². The Balaban J connectivity index is 2.10. The topological polar surface area (TPSA) is 61.4 Å². The third kappa shape index (κ3) is 5.14. The molecular formula is C11H22N2O2. The Kier molecular flexibility index (Phi) is 5.65. The van der Waals surface area contributed by atoms with E-state index in [9.17, 15) is 4.79 Å². The summed E-state index contributed by atoms with van der Waals surface area (Å²) in [5.74, 6) is 0.705. The lowest BCUT2D eigenvalue weighted by atomic mass is 9.94. The zero-order valence-corrected chi connectivity index (χ0v) is 9.46. The smallest absolute Gasteiger partial charge is 0.220 e. The second-order valence-corrected chi connectivity index (χ2v) is 4.40. The van der Waals surface area contributed by atoms with Gasteiger partial charge in [0.05, 0.1) is 6.61 Å². The number of hydrogen-bond donors (Lipinski definition) is 3. The van der Waals surface area contributed by atoms with Gasteiger partial charge in [-0.2, -0.15) is 0 Å². The van der Waals surface area contributed by atoms with E-state index in [1.807, 2.05) is 0 Å². The molecule has 0 aromatic heterocycles. The van der Waals surface area contributed by atoms with Crippen LogP contribution in [0.2, 0.25) is 0 Å². The molecule has 4 nitrogen and oxygen atoms in total. The Morgan fingerprint density at radius 3 is 3.07 bits per heavy atom. The molecule has 0 saturated carbocycles. The average molecular weight is 214 g/mol. The second-order valence-electron chi connectivity index (χ2n) is 4.40. The molecule has 1 amide bonds. The molecular weight excluding hydrogens is 192 g/mol. The highest BCUT2D eigenvalue weighted by Gasteiger charge is 2.14. The Hall–Kier alpha value is -0.610. The van der Waals surface area contributed by atoms with Crippen molar-refractivity contribution in [2.45, 2.75) is 38.6 Å². The van der Waals surface area contributed by atoms with Crippen LogP contribution in [0.5, 0.6) is 0 Å². The van der Waals surface area contributed by atoms with E-state index in [0.717, 1.165) is 19.5 Å². The summed E-state index contributed by atoms with van der Waals surface area (Å²) in [6.07, 6.45) is 3.99. The lowest BCUT2D eigenvalue weighted by Crippen LogP contribution is -2.36. The van der Waals surface area contributed by atoms with Gasteiger partial charge in [0.15, 0.2) is 0 Å². The van der Waals surface area contributed by atoms with Gasteiger partial charge < -0.3 is 15.7 Å². The standard InChI is InChI=1S/C11H22N2O2/c1-9(8-14)13-11(15)5-4-10-3-2-6-12-7-10/h9-10,12,14H,2-8H2,1H3,(H,13,15). The average Bonchev–Trinajstić information content (AvgIpc) is 2.27. The van der Waals surface area contributed by atoms with Gasteiger partial charge in [-0.25, -0.2) is 0 Å². The Labute approximate surface area is 91.4 Å². The number of carbonyl (C=O) groups is 1. The predicted octanol–water partition coefficient (Wildman–Crippen LogP) is 0.263. The molecule has 4 heteroatoms. The normalized spacial score (nSPS) is 23.5. The third-order valence-electron chi connectivity index (χ3n) is 2.86. The molecule has 0 aromatic rings. The van der Waals surface area contributed by atoms with Gasteiger partial charge in [-0.05, 0) is 45.2 Å². The number of amides is 1. The molecule has 0 aliphatic carbocycles. The van der Waals surface area contributed by atoms with Gasteiger partial charge in [0, 0.05) is 12.5 Å². The molecule has 0 bridgehead atoms. The number of nitrogens with one attached hydrogen (secondary N) is 2. The fourth-order valence-corrected chi connectivity index (χ4v) is 1.90. The van der Waals surface area contributed by atoms with Crippen molar-refractivity contribution >= 4 is 5.91 Å². The number of rotatable bonds is 5. The molecule has 1 fully saturated rings. The van der Waals surface area contributed by atoms with E-state index in [4.69, 9.17) is 5.11 Å². The van der Waals surface area contributed by atoms with Gasteiger partial charge in [0.1, 0.15) is 0 Å². The van der Waals surface area contributed by atoms with Crippen LogP contribution in [0.1, 0.15) is 32.6 Å². The summed E-state index contributed by atoms with van der Waals surface area (Å²) >= 11 is 0. The number of hydrogen-bond acceptors (Lipinski definition) is 3. The second kappa shape index (κ2) is 6.80. The predicted molar refractivity (Wildman–Crippen MR) is 59.5 cm³/mol. The molecule has 2 atom stereocenters. The first kappa shape index (κ1) is 12.5. The zero-order valence-electron chi connectivity index (χ0n) is 9.46. The van der Waals surface area contributed by atoms with Gasteiger partial charge in [-0.3, -0.25) is 4.79 Å². The minimum Gasteiger partial charge on any atom is -0.394 e. The Bertz CT molecular complexity index is 191. The lowest BCUT2D eigenvalue weighted by Gasteiger charge is -2.22. The SMILES string of the molecule is CC(CO)NC(=O)CCC1CCCNC1. The van der Waals surface area contributed by atoms with E-state index < -0.39 is 0 Å². The molecule has 1 heterocycles. The molecule has 0 spiro atoms. The summed E-state index contributed by atoms with van der Waals surface area (Å²) in [6, 6.07) is -0.123. The fraction of sp³-hybridized carbons (Fsp3) is 0.909. The van der Waals surface area contributed by atoms with Crippen molar-refractivity contribution in [3.05, 3.63) is 0 Å². The van der Waals surface area contributed by atoms with Crippen LogP contribution in [-0.4, -0.2) is 36.8 Å². The Morgan fingerprint density at radius 1 is 1.67 bits per heavy atom. The number of aliphatic hydroxyl groups excluding tert-OH is 1. The van der Waals surface area contributed by atoms with E-state index in [1.165, 1.54) is 12.8 Å². The van der Waals surface area contributed by atoms with Crippen LogP contribution >= 0.6 is 0 Å². The van der Waals surface area contributed by atoms with Crippen LogP contribution in [0.25, 0.3) is 0 Å². The summed E-state index contributed by atoms with van der Waals surface area (Å²) in [6.45, 7) is 3.98. The first-order valence-electron chi connectivity index (χ1n) is 5.83. The van der Waals surface area contributed by atoms with E-state index in [2.05, 4.69) is 10.6 Å². The van der Waals surface area contributed by atoms with Gasteiger partial charge in [-0.15, -0.1) is 0 Å².